The predicted molar refractivity (Wildman–Crippen MR) is 128 cm³/mol. The first-order valence-corrected chi connectivity index (χ1v) is 13.8. The minimum Gasteiger partial charge on any atom is -0.393 e. The highest BCUT2D eigenvalue weighted by Crippen LogP contribution is 2.68. The molecule has 7 heteroatoms. The molecule has 10 atom stereocenters. The quantitative estimate of drug-likeness (QED) is 0.625. The van der Waals surface area contributed by atoms with E-state index in [9.17, 15) is 9.90 Å². The molecular weight excluding hydrogens is 428 g/mol. The number of rotatable bonds is 4. The van der Waals surface area contributed by atoms with Crippen molar-refractivity contribution in [1.29, 1.82) is 0 Å². The number of nitrogens with zero attached hydrogens (tertiary/aromatic N) is 2. The van der Waals surface area contributed by atoms with E-state index in [1.807, 2.05) is 0 Å². The van der Waals surface area contributed by atoms with Gasteiger partial charge in [-0.15, -0.1) is 0 Å². The average molecular weight is 471 g/mol. The molecule has 1 unspecified atom stereocenters. The summed E-state index contributed by atoms with van der Waals surface area (Å²) in [6, 6.07) is 0. The van der Waals surface area contributed by atoms with Gasteiger partial charge < -0.3 is 15.2 Å². The monoisotopic (exact) mass is 470 g/mol. The van der Waals surface area contributed by atoms with Crippen molar-refractivity contribution in [1.82, 2.24) is 20.5 Å². The van der Waals surface area contributed by atoms with Crippen LogP contribution in [-0.4, -0.2) is 58.0 Å². The number of carbonyl (C=O) groups is 1. The van der Waals surface area contributed by atoms with Crippen LogP contribution in [0.15, 0.2) is 6.33 Å². The number of fused-ring (bicyclic) bond motifs is 5. The number of Topliss-reactive ketones (excluding diaryl/α,β-unsaturated/α-hetero) is 1. The van der Waals surface area contributed by atoms with Gasteiger partial charge in [0, 0.05) is 24.9 Å². The van der Waals surface area contributed by atoms with E-state index >= 15 is 0 Å². The topological polar surface area (TPSA) is 100 Å². The van der Waals surface area contributed by atoms with Crippen molar-refractivity contribution in [3.05, 3.63) is 12.2 Å². The van der Waals surface area contributed by atoms with Gasteiger partial charge in [-0.2, -0.15) is 5.10 Å². The Labute approximate surface area is 203 Å². The van der Waals surface area contributed by atoms with E-state index in [2.05, 4.69) is 34.3 Å². The summed E-state index contributed by atoms with van der Waals surface area (Å²) < 4.78 is 6.15. The number of nitrogens with one attached hydrogen (secondary N) is 2. The summed E-state index contributed by atoms with van der Waals surface area (Å²) in [5, 5.41) is 21.4. The van der Waals surface area contributed by atoms with Crippen LogP contribution in [0.25, 0.3) is 0 Å². The van der Waals surface area contributed by atoms with E-state index in [1.165, 1.54) is 32.0 Å². The molecule has 6 rings (SSSR count). The van der Waals surface area contributed by atoms with Gasteiger partial charge in [-0.25, -0.2) is 4.98 Å². The van der Waals surface area contributed by atoms with E-state index in [0.29, 0.717) is 41.7 Å². The molecule has 0 radical (unpaired) electrons. The van der Waals surface area contributed by atoms with Gasteiger partial charge in [0.15, 0.2) is 0 Å². The van der Waals surface area contributed by atoms with Crippen LogP contribution >= 0.6 is 0 Å². The van der Waals surface area contributed by atoms with Crippen molar-refractivity contribution in [3.63, 3.8) is 0 Å². The zero-order valence-electron chi connectivity index (χ0n) is 20.8. The number of morpholine rings is 1. The average Bonchev–Trinajstić information content (AvgIpc) is 3.46. The lowest BCUT2D eigenvalue weighted by molar-refractivity contribution is -0.167. The summed E-state index contributed by atoms with van der Waals surface area (Å²) in [6.07, 6.45) is 10.9. The molecule has 1 aliphatic heterocycles. The molecule has 3 N–H and O–H groups in total. The molecule has 1 aromatic rings. The van der Waals surface area contributed by atoms with Gasteiger partial charge in [0.2, 0.25) is 0 Å². The first kappa shape index (κ1) is 23.1. The Morgan fingerprint density at radius 1 is 1.15 bits per heavy atom. The van der Waals surface area contributed by atoms with Crippen LogP contribution in [-0.2, 0) is 16.0 Å². The molecule has 5 aliphatic rings. The fourth-order valence-corrected chi connectivity index (χ4v) is 9.72. The highest BCUT2D eigenvalue weighted by Gasteiger charge is 2.62. The Morgan fingerprint density at radius 2 is 2.00 bits per heavy atom. The molecule has 0 bridgehead atoms. The number of aromatic nitrogens is 3. The Balaban J connectivity index is 1.21. The third kappa shape index (κ3) is 3.60. The fourth-order valence-electron chi connectivity index (χ4n) is 9.72. The second-order valence-corrected chi connectivity index (χ2v) is 12.7. The maximum absolute atomic E-state index is 13.3. The maximum Gasteiger partial charge on any atom is 0.144 e. The molecule has 34 heavy (non-hydrogen) atoms. The summed E-state index contributed by atoms with van der Waals surface area (Å²) >= 11 is 0. The molecule has 4 aliphatic carbocycles. The molecule has 1 saturated heterocycles. The van der Waals surface area contributed by atoms with Gasteiger partial charge in [0.05, 0.1) is 25.2 Å². The van der Waals surface area contributed by atoms with Gasteiger partial charge >= 0.3 is 0 Å². The van der Waals surface area contributed by atoms with Gasteiger partial charge in [0.1, 0.15) is 17.9 Å². The van der Waals surface area contributed by atoms with Crippen molar-refractivity contribution in [2.45, 2.75) is 83.8 Å². The Hall–Kier alpha value is -1.31. The molecule has 2 heterocycles. The summed E-state index contributed by atoms with van der Waals surface area (Å²) in [6.45, 7) is 7.51. The molecule has 0 amide bonds. The van der Waals surface area contributed by atoms with Crippen LogP contribution in [0.3, 0.4) is 0 Å². The number of aliphatic hydroxyl groups excluding tert-OH is 1. The Bertz CT molecular complexity index is 886. The lowest BCUT2D eigenvalue weighted by Crippen LogP contribution is -2.58. The molecule has 7 nitrogen and oxygen atoms in total. The van der Waals surface area contributed by atoms with Crippen LogP contribution in [0.1, 0.15) is 71.0 Å². The van der Waals surface area contributed by atoms with Gasteiger partial charge in [0.25, 0.3) is 0 Å². The Kier molecular flexibility index (Phi) is 5.89. The first-order chi connectivity index (χ1) is 16.4. The fraction of sp³-hybridized carbons (Fsp3) is 0.889. The summed E-state index contributed by atoms with van der Waals surface area (Å²) in [7, 11) is 0. The van der Waals surface area contributed by atoms with Crippen LogP contribution < -0.4 is 5.32 Å². The van der Waals surface area contributed by atoms with E-state index in [-0.39, 0.29) is 34.9 Å². The summed E-state index contributed by atoms with van der Waals surface area (Å²) in [5.74, 6) is 4.12. The lowest BCUT2D eigenvalue weighted by Gasteiger charge is -2.62. The van der Waals surface area contributed by atoms with Crippen LogP contribution in [0.2, 0.25) is 0 Å². The summed E-state index contributed by atoms with van der Waals surface area (Å²) in [4.78, 5) is 17.5. The number of ketones is 1. The zero-order chi connectivity index (χ0) is 23.5. The number of ether oxygens (including phenoxy) is 1. The third-order valence-electron chi connectivity index (χ3n) is 11.4. The second-order valence-electron chi connectivity index (χ2n) is 12.7. The zero-order valence-corrected chi connectivity index (χ0v) is 20.8. The number of hydrogen-bond acceptors (Lipinski definition) is 6. The summed E-state index contributed by atoms with van der Waals surface area (Å²) in [5.41, 5.74) is 0.391. The molecule has 5 fully saturated rings. The normalized spacial score (nSPS) is 48.6. The van der Waals surface area contributed by atoms with E-state index in [4.69, 9.17) is 4.74 Å². The standard InChI is InChI=1S/C27H42N4O3/c1-26-8-7-20-17(19(26)5-6-21(26)23(33)12-25-29-15-30-31-25)4-3-16-11-22(32)18(13-27(16,20)2)24-14-28-9-10-34-24/h15-22,24,28,32H,3-14H2,1-2H3,(H,29,30,31)/t16-,17-,18-,19-,20-,21+,22-,24?,26-,27-/m0/s1. The molecule has 4 saturated carbocycles. The van der Waals surface area contributed by atoms with Crippen LogP contribution in [0.5, 0.6) is 0 Å². The largest absolute Gasteiger partial charge is 0.393 e. The predicted octanol–water partition coefficient (Wildman–Crippen LogP) is 3.15. The van der Waals surface area contributed by atoms with Crippen molar-refractivity contribution < 1.29 is 14.6 Å². The first-order valence-electron chi connectivity index (χ1n) is 13.8. The number of hydrogen-bond donors (Lipinski definition) is 3. The van der Waals surface area contributed by atoms with E-state index < -0.39 is 0 Å². The number of H-pyrrole nitrogens is 1. The van der Waals surface area contributed by atoms with Crippen molar-refractivity contribution in [3.8, 4) is 0 Å². The molecule has 0 spiro atoms. The van der Waals surface area contributed by atoms with Crippen molar-refractivity contribution >= 4 is 5.78 Å². The number of carbonyl (C=O) groups excluding carboxylic acids is 1. The third-order valence-corrected chi connectivity index (χ3v) is 11.4. The highest BCUT2D eigenvalue weighted by molar-refractivity contribution is 5.83. The minimum atomic E-state index is -0.238. The van der Waals surface area contributed by atoms with E-state index in [1.54, 1.807) is 0 Å². The molecule has 0 aromatic carbocycles. The Morgan fingerprint density at radius 3 is 2.76 bits per heavy atom. The maximum atomic E-state index is 13.3. The highest BCUT2D eigenvalue weighted by atomic mass is 16.5. The molecule has 188 valence electrons. The van der Waals surface area contributed by atoms with E-state index in [0.717, 1.165) is 45.4 Å². The number of aliphatic hydroxyl groups is 1. The molecule has 1 aromatic heterocycles. The van der Waals surface area contributed by atoms with Crippen molar-refractivity contribution in [2.75, 3.05) is 19.7 Å². The molecular formula is C27H42N4O3. The van der Waals surface area contributed by atoms with Crippen LogP contribution in [0.4, 0.5) is 0 Å². The van der Waals surface area contributed by atoms with Gasteiger partial charge in [-0.05, 0) is 85.9 Å². The van der Waals surface area contributed by atoms with Crippen molar-refractivity contribution in [2.24, 2.45) is 46.3 Å². The van der Waals surface area contributed by atoms with Gasteiger partial charge in [-0.1, -0.05) is 13.8 Å². The van der Waals surface area contributed by atoms with Crippen LogP contribution in [0, 0.1) is 46.3 Å². The lowest BCUT2D eigenvalue weighted by atomic mass is 9.43. The smallest absolute Gasteiger partial charge is 0.144 e. The number of aromatic amines is 1. The second kappa shape index (κ2) is 8.67. The SMILES string of the molecule is C[C@]12C[C@H](C3CNCCO3)[C@@H](O)C[C@@H]1CC[C@@H]1[C@@H]2CC[C@]2(C)[C@@H](C(=O)Cc3ncn[nH]3)CC[C@@H]12. The minimum absolute atomic E-state index is 0.117. The van der Waals surface area contributed by atoms with Gasteiger partial charge in [-0.3, -0.25) is 9.89 Å².